The van der Waals surface area contributed by atoms with Crippen molar-refractivity contribution in [3.8, 4) is 6.07 Å². The molecule has 20 heavy (non-hydrogen) atoms. The second kappa shape index (κ2) is 9.00. The highest BCUT2D eigenvalue weighted by atomic mass is 16.5. The van der Waals surface area contributed by atoms with Gasteiger partial charge in [0.2, 0.25) is 0 Å². The summed E-state index contributed by atoms with van der Waals surface area (Å²) in [5.41, 5.74) is -0.982. The number of carbonyl (C=O) groups is 1. The van der Waals surface area contributed by atoms with Gasteiger partial charge < -0.3 is 4.74 Å². The summed E-state index contributed by atoms with van der Waals surface area (Å²) in [7, 11) is 0. The largest absolute Gasteiger partial charge is 0.465 e. The zero-order valence-corrected chi connectivity index (χ0v) is 14.0. The van der Waals surface area contributed by atoms with E-state index in [9.17, 15) is 10.1 Å². The van der Waals surface area contributed by atoms with Crippen molar-refractivity contribution in [1.29, 1.82) is 5.26 Å². The second-order valence-corrected chi connectivity index (χ2v) is 6.52. The van der Waals surface area contributed by atoms with Crippen LogP contribution < -0.4 is 0 Å². The average Bonchev–Trinajstić information content (AvgIpc) is 2.35. The summed E-state index contributed by atoms with van der Waals surface area (Å²) in [6, 6.07) is 2.35. The normalized spacial score (nSPS) is 15.8. The highest BCUT2D eigenvalue weighted by Gasteiger charge is 2.47. The van der Waals surface area contributed by atoms with Gasteiger partial charge in [-0.1, -0.05) is 41.0 Å². The van der Waals surface area contributed by atoms with Gasteiger partial charge in [-0.05, 0) is 43.9 Å². The molecule has 0 aromatic rings. The van der Waals surface area contributed by atoms with E-state index in [2.05, 4.69) is 40.7 Å². The average molecular weight is 281 g/mol. The zero-order chi connectivity index (χ0) is 15.8. The predicted molar refractivity (Wildman–Crippen MR) is 82.0 cm³/mol. The highest BCUT2D eigenvalue weighted by Crippen LogP contribution is 2.41. The van der Waals surface area contributed by atoms with E-state index in [0.717, 1.165) is 19.3 Å². The first-order valence-electron chi connectivity index (χ1n) is 7.92. The van der Waals surface area contributed by atoms with Gasteiger partial charge in [0.25, 0.3) is 0 Å². The molecule has 0 fully saturated rings. The molecule has 0 N–H and O–H groups in total. The second-order valence-electron chi connectivity index (χ2n) is 6.52. The van der Waals surface area contributed by atoms with Crippen LogP contribution in [0.2, 0.25) is 0 Å². The third-order valence-corrected chi connectivity index (χ3v) is 3.66. The van der Waals surface area contributed by atoms with Crippen LogP contribution >= 0.6 is 0 Å². The number of rotatable bonds is 9. The summed E-state index contributed by atoms with van der Waals surface area (Å²) in [6.07, 6.45) is 3.36. The summed E-state index contributed by atoms with van der Waals surface area (Å²) in [4.78, 5) is 12.5. The molecule has 116 valence electrons. The number of nitrogens with zero attached hydrogens (tertiary/aromatic N) is 1. The molecule has 0 rings (SSSR count). The number of hydrogen-bond acceptors (Lipinski definition) is 3. The van der Waals surface area contributed by atoms with Crippen LogP contribution in [0.1, 0.15) is 67.2 Å². The van der Waals surface area contributed by atoms with Gasteiger partial charge in [0.15, 0.2) is 5.41 Å². The Balaban J connectivity index is 5.52. The van der Waals surface area contributed by atoms with E-state index in [1.807, 2.05) is 0 Å². The summed E-state index contributed by atoms with van der Waals surface area (Å²) >= 11 is 0. The molecule has 0 aliphatic heterocycles. The van der Waals surface area contributed by atoms with Crippen molar-refractivity contribution >= 4 is 5.97 Å². The van der Waals surface area contributed by atoms with Gasteiger partial charge >= 0.3 is 5.97 Å². The Morgan fingerprint density at radius 1 is 1.20 bits per heavy atom. The molecular formula is C17H31NO2. The molecule has 0 aromatic carbocycles. The Morgan fingerprint density at radius 3 is 2.15 bits per heavy atom. The van der Waals surface area contributed by atoms with Crippen molar-refractivity contribution in [3.05, 3.63) is 0 Å². The van der Waals surface area contributed by atoms with Crippen LogP contribution in [-0.2, 0) is 9.53 Å². The van der Waals surface area contributed by atoms with E-state index in [4.69, 9.17) is 4.74 Å². The lowest BCUT2D eigenvalue weighted by Crippen LogP contribution is -2.41. The number of esters is 1. The maximum atomic E-state index is 12.5. The Bertz CT molecular complexity index is 330. The molecule has 0 aromatic heterocycles. The highest BCUT2D eigenvalue weighted by molar-refractivity contribution is 5.80. The summed E-state index contributed by atoms with van der Waals surface area (Å²) in [5.74, 6) is 0.528. The van der Waals surface area contributed by atoms with Gasteiger partial charge in [0.1, 0.15) is 0 Å². The summed E-state index contributed by atoms with van der Waals surface area (Å²) in [6.45, 7) is 12.6. The van der Waals surface area contributed by atoms with E-state index in [1.165, 1.54) is 0 Å². The lowest BCUT2D eigenvalue weighted by molar-refractivity contribution is -0.156. The van der Waals surface area contributed by atoms with E-state index < -0.39 is 5.41 Å². The standard InChI is InChI=1S/C17H31NO2/c1-7-9-15(10-13(3)4)17(12-18,11-14(5)6)16(19)20-8-2/h13-15H,7-11H2,1-6H3. The predicted octanol–water partition coefficient (Wildman–Crippen LogP) is 4.57. The molecule has 0 saturated heterocycles. The molecule has 0 aliphatic carbocycles. The van der Waals surface area contributed by atoms with E-state index in [1.54, 1.807) is 6.92 Å². The zero-order valence-electron chi connectivity index (χ0n) is 14.0. The Kier molecular flexibility index (Phi) is 8.53. The lowest BCUT2D eigenvalue weighted by Gasteiger charge is -2.35. The first kappa shape index (κ1) is 19.0. The molecule has 3 heteroatoms. The minimum atomic E-state index is -0.982. The molecule has 0 amide bonds. The summed E-state index contributed by atoms with van der Waals surface area (Å²) in [5, 5.41) is 9.78. The molecular weight excluding hydrogens is 250 g/mol. The Morgan fingerprint density at radius 2 is 1.80 bits per heavy atom. The van der Waals surface area contributed by atoms with Gasteiger partial charge in [0, 0.05) is 0 Å². The quantitative estimate of drug-likeness (QED) is 0.582. The fourth-order valence-electron chi connectivity index (χ4n) is 2.99. The van der Waals surface area contributed by atoms with Gasteiger partial charge in [-0.25, -0.2) is 0 Å². The molecule has 0 saturated carbocycles. The molecule has 0 spiro atoms. The number of carbonyl (C=O) groups excluding carboxylic acids is 1. The van der Waals surface area contributed by atoms with Gasteiger partial charge in [0.05, 0.1) is 12.7 Å². The first-order chi connectivity index (χ1) is 9.33. The van der Waals surface area contributed by atoms with Crippen molar-refractivity contribution < 1.29 is 9.53 Å². The molecule has 2 atom stereocenters. The van der Waals surface area contributed by atoms with Gasteiger partial charge in [-0.15, -0.1) is 0 Å². The van der Waals surface area contributed by atoms with Crippen LogP contribution in [0.15, 0.2) is 0 Å². The maximum Gasteiger partial charge on any atom is 0.326 e. The number of ether oxygens (including phenoxy) is 1. The summed E-state index contributed by atoms with van der Waals surface area (Å²) < 4.78 is 5.25. The minimum absolute atomic E-state index is 0.0824. The fraction of sp³-hybridized carbons (Fsp3) is 0.882. The fourth-order valence-corrected chi connectivity index (χ4v) is 2.99. The lowest BCUT2D eigenvalue weighted by atomic mass is 9.67. The van der Waals surface area contributed by atoms with Crippen molar-refractivity contribution in [2.24, 2.45) is 23.2 Å². The van der Waals surface area contributed by atoms with Crippen LogP contribution in [0.25, 0.3) is 0 Å². The van der Waals surface area contributed by atoms with Crippen molar-refractivity contribution in [1.82, 2.24) is 0 Å². The van der Waals surface area contributed by atoms with E-state index in [0.29, 0.717) is 24.9 Å². The van der Waals surface area contributed by atoms with Crippen molar-refractivity contribution in [2.45, 2.75) is 67.2 Å². The van der Waals surface area contributed by atoms with Crippen molar-refractivity contribution in [3.63, 3.8) is 0 Å². The van der Waals surface area contributed by atoms with Crippen LogP contribution in [0.4, 0.5) is 0 Å². The Labute approximate surface area is 124 Å². The third-order valence-electron chi connectivity index (χ3n) is 3.66. The SMILES string of the molecule is CCCC(CC(C)C)C(C#N)(CC(C)C)C(=O)OCC. The van der Waals surface area contributed by atoms with E-state index >= 15 is 0 Å². The first-order valence-corrected chi connectivity index (χ1v) is 7.92. The smallest absolute Gasteiger partial charge is 0.326 e. The van der Waals surface area contributed by atoms with Crippen molar-refractivity contribution in [2.75, 3.05) is 6.61 Å². The molecule has 2 unspecified atom stereocenters. The maximum absolute atomic E-state index is 12.5. The monoisotopic (exact) mass is 281 g/mol. The molecule has 0 radical (unpaired) electrons. The van der Waals surface area contributed by atoms with Crippen LogP contribution in [-0.4, -0.2) is 12.6 Å². The molecule has 0 heterocycles. The third kappa shape index (κ3) is 5.15. The van der Waals surface area contributed by atoms with Crippen LogP contribution in [0, 0.1) is 34.5 Å². The molecule has 0 aliphatic rings. The molecule has 3 nitrogen and oxygen atoms in total. The van der Waals surface area contributed by atoms with Gasteiger partial charge in [-0.3, -0.25) is 4.79 Å². The number of nitriles is 1. The van der Waals surface area contributed by atoms with E-state index in [-0.39, 0.29) is 11.9 Å². The minimum Gasteiger partial charge on any atom is -0.465 e. The topological polar surface area (TPSA) is 50.1 Å². The van der Waals surface area contributed by atoms with Gasteiger partial charge in [-0.2, -0.15) is 5.26 Å². The molecule has 0 bridgehead atoms. The van der Waals surface area contributed by atoms with Crippen LogP contribution in [0.3, 0.4) is 0 Å². The number of hydrogen-bond donors (Lipinski definition) is 0. The van der Waals surface area contributed by atoms with Crippen LogP contribution in [0.5, 0.6) is 0 Å². The Hall–Kier alpha value is -1.04.